The molecule has 6 heteroatoms. The van der Waals surface area contributed by atoms with Crippen LogP contribution in [0.5, 0.6) is 0 Å². The van der Waals surface area contributed by atoms with Gasteiger partial charge in [0.2, 0.25) is 0 Å². The van der Waals surface area contributed by atoms with Gasteiger partial charge in [-0.25, -0.2) is 15.0 Å². The van der Waals surface area contributed by atoms with Crippen molar-refractivity contribution >= 4 is 17.2 Å². The van der Waals surface area contributed by atoms with Gasteiger partial charge in [0.1, 0.15) is 16.6 Å². The quantitative estimate of drug-likeness (QED) is 0.539. The van der Waals surface area contributed by atoms with Crippen molar-refractivity contribution in [1.29, 1.82) is 0 Å². The third-order valence-electron chi connectivity index (χ3n) is 4.07. The summed E-state index contributed by atoms with van der Waals surface area (Å²) in [4.78, 5) is 18.1. The summed E-state index contributed by atoms with van der Waals surface area (Å²) in [5.41, 5.74) is 5.09. The number of nitrogens with one attached hydrogen (secondary N) is 1. The molecule has 5 nitrogen and oxygen atoms in total. The largest absolute Gasteiger partial charge is 0.364 e. The monoisotopic (exact) mass is 373 g/mol. The first kappa shape index (κ1) is 17.3. The van der Waals surface area contributed by atoms with Gasteiger partial charge in [0, 0.05) is 23.2 Å². The van der Waals surface area contributed by atoms with Crippen LogP contribution >= 0.6 is 11.3 Å². The maximum Gasteiger partial charge on any atom is 0.142 e. The van der Waals surface area contributed by atoms with Gasteiger partial charge in [-0.05, 0) is 26.0 Å². The predicted molar refractivity (Wildman–Crippen MR) is 110 cm³/mol. The lowest BCUT2D eigenvalue weighted by atomic mass is 10.1. The number of anilines is 1. The fourth-order valence-corrected chi connectivity index (χ4v) is 3.50. The SMILES string of the molecule is Cc1ccc(-c2cc(NCc3csc(-c4ccccn4)n3)nc(C)n2)cc1. The van der Waals surface area contributed by atoms with Crippen LogP contribution < -0.4 is 5.32 Å². The highest BCUT2D eigenvalue weighted by Gasteiger charge is 2.08. The molecule has 0 aliphatic carbocycles. The van der Waals surface area contributed by atoms with E-state index in [0.29, 0.717) is 6.54 Å². The molecule has 0 fully saturated rings. The smallest absolute Gasteiger partial charge is 0.142 e. The van der Waals surface area contributed by atoms with Crippen LogP contribution in [0.15, 0.2) is 60.1 Å². The van der Waals surface area contributed by atoms with Gasteiger partial charge >= 0.3 is 0 Å². The fraction of sp³-hybridized carbons (Fsp3) is 0.143. The maximum atomic E-state index is 4.66. The maximum absolute atomic E-state index is 4.66. The average molecular weight is 373 g/mol. The number of aryl methyl sites for hydroxylation is 2. The van der Waals surface area contributed by atoms with Gasteiger partial charge in [0.05, 0.1) is 23.6 Å². The van der Waals surface area contributed by atoms with Gasteiger partial charge in [0.25, 0.3) is 0 Å². The van der Waals surface area contributed by atoms with E-state index in [2.05, 4.69) is 56.4 Å². The summed E-state index contributed by atoms with van der Waals surface area (Å²) in [6.07, 6.45) is 1.78. The van der Waals surface area contributed by atoms with E-state index in [9.17, 15) is 0 Å². The molecule has 0 spiro atoms. The summed E-state index contributed by atoms with van der Waals surface area (Å²) in [7, 11) is 0. The minimum Gasteiger partial charge on any atom is -0.364 e. The zero-order valence-electron chi connectivity index (χ0n) is 15.2. The molecule has 0 radical (unpaired) electrons. The number of rotatable bonds is 5. The van der Waals surface area contributed by atoms with E-state index in [1.54, 1.807) is 17.5 Å². The zero-order valence-corrected chi connectivity index (χ0v) is 16.0. The molecule has 0 amide bonds. The Bertz CT molecular complexity index is 1040. The van der Waals surface area contributed by atoms with E-state index in [-0.39, 0.29) is 0 Å². The Kier molecular flexibility index (Phi) is 4.89. The second kappa shape index (κ2) is 7.63. The van der Waals surface area contributed by atoms with Crippen molar-refractivity contribution in [3.63, 3.8) is 0 Å². The highest BCUT2D eigenvalue weighted by Crippen LogP contribution is 2.23. The van der Waals surface area contributed by atoms with Crippen molar-refractivity contribution in [3.05, 3.63) is 77.2 Å². The second-order valence-corrected chi connectivity index (χ2v) is 7.12. The highest BCUT2D eigenvalue weighted by atomic mass is 32.1. The molecule has 0 aliphatic heterocycles. The highest BCUT2D eigenvalue weighted by molar-refractivity contribution is 7.13. The van der Waals surface area contributed by atoms with Gasteiger partial charge in [-0.1, -0.05) is 35.9 Å². The molecule has 0 saturated heterocycles. The van der Waals surface area contributed by atoms with Crippen LogP contribution in [0.25, 0.3) is 22.0 Å². The Labute approximate surface area is 162 Å². The molecule has 0 saturated carbocycles. The van der Waals surface area contributed by atoms with E-state index in [1.807, 2.05) is 36.6 Å². The Morgan fingerprint density at radius 2 is 1.78 bits per heavy atom. The van der Waals surface area contributed by atoms with Crippen LogP contribution in [0.2, 0.25) is 0 Å². The fourth-order valence-electron chi connectivity index (χ4n) is 2.71. The van der Waals surface area contributed by atoms with E-state index in [4.69, 9.17) is 0 Å². The molecule has 134 valence electrons. The van der Waals surface area contributed by atoms with Crippen molar-refractivity contribution < 1.29 is 0 Å². The number of hydrogen-bond acceptors (Lipinski definition) is 6. The summed E-state index contributed by atoms with van der Waals surface area (Å²) in [6.45, 7) is 4.59. The Morgan fingerprint density at radius 1 is 0.926 bits per heavy atom. The first-order valence-electron chi connectivity index (χ1n) is 8.70. The second-order valence-electron chi connectivity index (χ2n) is 6.26. The Morgan fingerprint density at radius 3 is 2.56 bits per heavy atom. The average Bonchev–Trinajstić information content (AvgIpc) is 3.16. The van der Waals surface area contributed by atoms with Crippen LogP contribution in [0.3, 0.4) is 0 Å². The number of nitrogens with zero attached hydrogens (tertiary/aromatic N) is 4. The lowest BCUT2D eigenvalue weighted by Gasteiger charge is -2.08. The Hall–Kier alpha value is -3.12. The minimum absolute atomic E-state index is 0.604. The molecular formula is C21H19N5S. The van der Waals surface area contributed by atoms with Crippen LogP contribution in [0, 0.1) is 13.8 Å². The molecular weight excluding hydrogens is 354 g/mol. The van der Waals surface area contributed by atoms with E-state index < -0.39 is 0 Å². The van der Waals surface area contributed by atoms with Gasteiger partial charge < -0.3 is 5.32 Å². The third-order valence-corrected chi connectivity index (χ3v) is 4.99. The number of hydrogen-bond donors (Lipinski definition) is 1. The number of thiazole rings is 1. The van der Waals surface area contributed by atoms with Crippen LogP contribution in [-0.2, 0) is 6.54 Å². The summed E-state index contributed by atoms with van der Waals surface area (Å²) < 4.78 is 0. The topological polar surface area (TPSA) is 63.6 Å². The van der Waals surface area contributed by atoms with E-state index in [0.717, 1.165) is 39.3 Å². The lowest BCUT2D eigenvalue weighted by molar-refractivity contribution is 1.01. The third kappa shape index (κ3) is 4.17. The lowest BCUT2D eigenvalue weighted by Crippen LogP contribution is -2.04. The van der Waals surface area contributed by atoms with Crippen LogP contribution in [0.4, 0.5) is 5.82 Å². The Balaban J connectivity index is 1.50. The van der Waals surface area contributed by atoms with Gasteiger partial charge in [-0.15, -0.1) is 11.3 Å². The molecule has 3 heterocycles. The summed E-state index contributed by atoms with van der Waals surface area (Å²) in [6, 6.07) is 16.2. The molecule has 1 aromatic carbocycles. The van der Waals surface area contributed by atoms with Crippen molar-refractivity contribution in [1.82, 2.24) is 19.9 Å². The number of pyridine rings is 1. The van der Waals surface area contributed by atoms with Crippen molar-refractivity contribution in [2.24, 2.45) is 0 Å². The summed E-state index contributed by atoms with van der Waals surface area (Å²) >= 11 is 1.60. The van der Waals surface area contributed by atoms with Crippen LogP contribution in [-0.4, -0.2) is 19.9 Å². The molecule has 4 aromatic rings. The molecule has 0 aliphatic rings. The van der Waals surface area contributed by atoms with Crippen molar-refractivity contribution in [3.8, 4) is 22.0 Å². The molecule has 4 rings (SSSR count). The molecule has 0 atom stereocenters. The van der Waals surface area contributed by atoms with E-state index in [1.165, 1.54) is 5.56 Å². The van der Waals surface area contributed by atoms with Crippen molar-refractivity contribution in [2.45, 2.75) is 20.4 Å². The number of aromatic nitrogens is 4. The van der Waals surface area contributed by atoms with Gasteiger partial charge in [0.15, 0.2) is 0 Å². The molecule has 0 bridgehead atoms. The molecule has 3 aromatic heterocycles. The summed E-state index contributed by atoms with van der Waals surface area (Å²) in [5, 5.41) is 6.33. The van der Waals surface area contributed by atoms with E-state index >= 15 is 0 Å². The first-order chi connectivity index (χ1) is 13.2. The normalized spacial score (nSPS) is 10.7. The predicted octanol–water partition coefficient (Wildman–Crippen LogP) is 4.89. The van der Waals surface area contributed by atoms with Crippen LogP contribution in [0.1, 0.15) is 17.1 Å². The standard InChI is InChI=1S/C21H19N5S/c1-14-6-8-16(9-7-14)19-11-20(25-15(2)24-19)23-12-17-13-27-21(26-17)18-5-3-4-10-22-18/h3-11,13H,12H2,1-2H3,(H,23,24,25). The summed E-state index contributed by atoms with van der Waals surface area (Å²) in [5.74, 6) is 1.54. The van der Waals surface area contributed by atoms with Crippen molar-refractivity contribution in [2.75, 3.05) is 5.32 Å². The molecule has 1 N–H and O–H groups in total. The first-order valence-corrected chi connectivity index (χ1v) is 9.58. The zero-order chi connectivity index (χ0) is 18.6. The number of benzene rings is 1. The van der Waals surface area contributed by atoms with Gasteiger partial charge in [-0.2, -0.15) is 0 Å². The molecule has 0 unspecified atom stereocenters. The van der Waals surface area contributed by atoms with Gasteiger partial charge in [-0.3, -0.25) is 4.98 Å². The molecule has 27 heavy (non-hydrogen) atoms. The minimum atomic E-state index is 0.604.